The molecule has 2 aliphatic heterocycles. The number of fused-ring (bicyclic) bond motifs is 1. The van der Waals surface area contributed by atoms with Crippen LogP contribution >= 0.6 is 11.8 Å². The number of amides is 1. The van der Waals surface area contributed by atoms with Crippen molar-refractivity contribution in [1.82, 2.24) is 4.42 Å². The van der Waals surface area contributed by atoms with Crippen LogP contribution in [0, 0.1) is 5.92 Å². The summed E-state index contributed by atoms with van der Waals surface area (Å²) in [6.07, 6.45) is 4.58. The molecular weight excluding hydrogens is 288 g/mol. The lowest BCUT2D eigenvalue weighted by Gasteiger charge is -2.28. The second-order valence-electron chi connectivity index (χ2n) is 5.94. The Morgan fingerprint density at radius 1 is 1.33 bits per heavy atom. The Morgan fingerprint density at radius 2 is 2.10 bits per heavy atom. The van der Waals surface area contributed by atoms with Gasteiger partial charge in [-0.1, -0.05) is 6.07 Å². The van der Waals surface area contributed by atoms with Gasteiger partial charge in [-0.3, -0.25) is 4.79 Å². The molecule has 1 aromatic carbocycles. The molecule has 1 fully saturated rings. The van der Waals surface area contributed by atoms with Crippen molar-refractivity contribution in [2.45, 2.75) is 25.7 Å². The fourth-order valence-electron chi connectivity index (χ4n) is 3.03. The molecule has 2 aliphatic rings. The summed E-state index contributed by atoms with van der Waals surface area (Å²) in [7, 11) is 1.81. The van der Waals surface area contributed by atoms with Gasteiger partial charge in [0.15, 0.2) is 6.61 Å². The summed E-state index contributed by atoms with van der Waals surface area (Å²) in [6, 6.07) is 6.18. The number of likely N-dealkylation sites (N-methyl/N-ethyl adjacent to an activating group) is 1. The van der Waals surface area contributed by atoms with E-state index in [1.165, 1.54) is 24.8 Å². The molecule has 0 unspecified atom stereocenters. The first-order chi connectivity index (χ1) is 10.1. The molecule has 1 amide bonds. The van der Waals surface area contributed by atoms with Crippen molar-refractivity contribution in [2.75, 3.05) is 31.6 Å². The van der Waals surface area contributed by atoms with Gasteiger partial charge in [0.25, 0.3) is 5.91 Å². The van der Waals surface area contributed by atoms with E-state index in [0.29, 0.717) is 0 Å². The van der Waals surface area contributed by atoms with E-state index in [1.807, 2.05) is 17.5 Å². The van der Waals surface area contributed by atoms with Crippen LogP contribution < -0.4 is 9.64 Å². The van der Waals surface area contributed by atoms with E-state index in [9.17, 15) is 4.79 Å². The lowest BCUT2D eigenvalue weighted by atomic mass is 9.91. The highest BCUT2D eigenvalue weighted by Crippen LogP contribution is 2.33. The van der Waals surface area contributed by atoms with Crippen molar-refractivity contribution >= 4 is 23.4 Å². The number of hydrogen-bond acceptors (Lipinski definition) is 3. The molecule has 1 aromatic rings. The lowest BCUT2D eigenvalue weighted by molar-refractivity contribution is -0.120. The van der Waals surface area contributed by atoms with Crippen LogP contribution in [0.15, 0.2) is 18.2 Å². The third kappa shape index (κ3) is 3.33. The highest BCUT2D eigenvalue weighted by atomic mass is 35.5. The molecule has 5 heteroatoms. The zero-order chi connectivity index (χ0) is 14.8. The van der Waals surface area contributed by atoms with Gasteiger partial charge in [-0.25, -0.2) is 4.42 Å². The Kier molecular flexibility index (Phi) is 4.36. The molecule has 0 N–H and O–H groups in total. The summed E-state index contributed by atoms with van der Waals surface area (Å²) in [5, 5.41) is 0. The van der Waals surface area contributed by atoms with Crippen LogP contribution in [0.1, 0.15) is 24.8 Å². The van der Waals surface area contributed by atoms with Gasteiger partial charge in [0, 0.05) is 20.1 Å². The van der Waals surface area contributed by atoms with Gasteiger partial charge in [-0.15, -0.1) is 0 Å². The fourth-order valence-corrected chi connectivity index (χ4v) is 3.23. The van der Waals surface area contributed by atoms with Gasteiger partial charge in [0.2, 0.25) is 0 Å². The Labute approximate surface area is 130 Å². The van der Waals surface area contributed by atoms with Gasteiger partial charge >= 0.3 is 0 Å². The Morgan fingerprint density at radius 3 is 2.86 bits per heavy atom. The molecule has 3 rings (SSSR count). The first-order valence-electron chi connectivity index (χ1n) is 7.56. The van der Waals surface area contributed by atoms with Gasteiger partial charge < -0.3 is 9.64 Å². The zero-order valence-electron chi connectivity index (χ0n) is 12.3. The van der Waals surface area contributed by atoms with Crippen LogP contribution in [0.3, 0.4) is 0 Å². The molecule has 1 saturated heterocycles. The topological polar surface area (TPSA) is 32.8 Å². The maximum Gasteiger partial charge on any atom is 0.264 e. The minimum Gasteiger partial charge on any atom is -0.482 e. The number of rotatable bonds is 3. The van der Waals surface area contributed by atoms with E-state index in [2.05, 4.69) is 12.1 Å². The summed E-state index contributed by atoms with van der Waals surface area (Å²) >= 11 is 5.99. The van der Waals surface area contributed by atoms with E-state index in [4.69, 9.17) is 16.5 Å². The SMILES string of the molecule is CN1C(=O)COc2ccc(CCC3CCN(Cl)CC3)cc21. The van der Waals surface area contributed by atoms with Crippen molar-refractivity contribution in [3.8, 4) is 5.75 Å². The van der Waals surface area contributed by atoms with Gasteiger partial charge in [-0.05, 0) is 61.1 Å². The number of aryl methyl sites for hydroxylation is 1. The summed E-state index contributed by atoms with van der Waals surface area (Å²) in [5.41, 5.74) is 2.16. The van der Waals surface area contributed by atoms with Crippen molar-refractivity contribution in [2.24, 2.45) is 5.92 Å². The van der Waals surface area contributed by atoms with E-state index in [-0.39, 0.29) is 12.5 Å². The van der Waals surface area contributed by atoms with Crippen LogP contribution in [-0.2, 0) is 11.2 Å². The standard InChI is InChI=1S/C16H21ClN2O2/c1-18-14-10-13(4-5-15(14)21-11-16(18)20)3-2-12-6-8-19(17)9-7-12/h4-5,10,12H,2-3,6-9,11H2,1H3. The van der Waals surface area contributed by atoms with E-state index < -0.39 is 0 Å². The largest absolute Gasteiger partial charge is 0.482 e. The van der Waals surface area contributed by atoms with Crippen LogP contribution in [0.5, 0.6) is 5.75 Å². The van der Waals surface area contributed by atoms with Crippen LogP contribution in [-0.4, -0.2) is 37.1 Å². The number of hydrogen-bond donors (Lipinski definition) is 0. The van der Waals surface area contributed by atoms with Gasteiger partial charge in [0.1, 0.15) is 5.75 Å². The summed E-state index contributed by atoms with van der Waals surface area (Å²) in [5.74, 6) is 1.57. The predicted octanol–water partition coefficient (Wildman–Crippen LogP) is 2.84. The number of piperidine rings is 1. The fraction of sp³-hybridized carbons (Fsp3) is 0.562. The average molecular weight is 309 g/mol. The maximum atomic E-state index is 11.7. The lowest BCUT2D eigenvalue weighted by Crippen LogP contribution is -2.35. The number of carbonyl (C=O) groups excluding carboxylic acids is 1. The van der Waals surface area contributed by atoms with Crippen molar-refractivity contribution in [3.05, 3.63) is 23.8 Å². The third-order valence-electron chi connectivity index (χ3n) is 4.51. The van der Waals surface area contributed by atoms with Crippen molar-refractivity contribution in [3.63, 3.8) is 0 Å². The summed E-state index contributed by atoms with van der Waals surface area (Å²) in [4.78, 5) is 13.4. The molecule has 0 bridgehead atoms. The second-order valence-corrected chi connectivity index (χ2v) is 6.41. The molecule has 0 aromatic heterocycles. The van der Waals surface area contributed by atoms with E-state index in [0.717, 1.165) is 36.9 Å². The number of nitrogens with zero attached hydrogens (tertiary/aromatic N) is 2. The predicted molar refractivity (Wildman–Crippen MR) is 83.8 cm³/mol. The van der Waals surface area contributed by atoms with Gasteiger partial charge in [0.05, 0.1) is 5.69 Å². The number of benzene rings is 1. The minimum atomic E-state index is 0.00846. The van der Waals surface area contributed by atoms with Crippen molar-refractivity contribution in [1.29, 1.82) is 0 Å². The quantitative estimate of drug-likeness (QED) is 0.805. The van der Waals surface area contributed by atoms with Gasteiger partial charge in [-0.2, -0.15) is 0 Å². The first-order valence-corrected chi connectivity index (χ1v) is 7.90. The molecule has 4 nitrogen and oxygen atoms in total. The van der Waals surface area contributed by atoms with Crippen LogP contribution in [0.4, 0.5) is 5.69 Å². The summed E-state index contributed by atoms with van der Waals surface area (Å²) < 4.78 is 7.34. The molecule has 2 heterocycles. The highest BCUT2D eigenvalue weighted by Gasteiger charge is 2.23. The smallest absolute Gasteiger partial charge is 0.264 e. The highest BCUT2D eigenvalue weighted by molar-refractivity contribution is 6.13. The molecule has 0 radical (unpaired) electrons. The zero-order valence-corrected chi connectivity index (χ0v) is 13.1. The molecule has 0 saturated carbocycles. The van der Waals surface area contributed by atoms with Crippen molar-refractivity contribution < 1.29 is 9.53 Å². The third-order valence-corrected chi connectivity index (χ3v) is 4.85. The van der Waals surface area contributed by atoms with Crippen LogP contribution in [0.25, 0.3) is 0 Å². The monoisotopic (exact) mass is 308 g/mol. The normalized spacial score (nSPS) is 20.3. The average Bonchev–Trinajstić information content (AvgIpc) is 2.51. The minimum absolute atomic E-state index is 0.00846. The first kappa shape index (κ1) is 14.7. The molecule has 0 aliphatic carbocycles. The Balaban J connectivity index is 1.63. The number of carbonyl (C=O) groups is 1. The van der Waals surface area contributed by atoms with Crippen LogP contribution in [0.2, 0.25) is 0 Å². The number of anilines is 1. The number of halogens is 1. The maximum absolute atomic E-state index is 11.7. The molecule has 0 spiro atoms. The molecular formula is C16H21ClN2O2. The molecule has 21 heavy (non-hydrogen) atoms. The van der Waals surface area contributed by atoms with E-state index in [1.54, 1.807) is 4.90 Å². The molecule has 0 atom stereocenters. The Hall–Kier alpha value is -1.26. The Bertz CT molecular complexity index is 527. The van der Waals surface area contributed by atoms with E-state index >= 15 is 0 Å². The molecule has 114 valence electrons. The number of ether oxygens (including phenoxy) is 1. The second kappa shape index (κ2) is 6.24. The summed E-state index contributed by atoms with van der Waals surface area (Å²) in [6.45, 7) is 2.11.